The zero-order chi connectivity index (χ0) is 11.6. The van der Waals surface area contributed by atoms with Crippen molar-refractivity contribution in [3.63, 3.8) is 0 Å². The van der Waals surface area contributed by atoms with Gasteiger partial charge in [0, 0.05) is 7.05 Å². The average Bonchev–Trinajstić information content (AvgIpc) is 2.25. The van der Waals surface area contributed by atoms with Crippen molar-refractivity contribution in [2.75, 3.05) is 5.32 Å². The second-order valence-electron chi connectivity index (χ2n) is 4.13. The smallest absolute Gasteiger partial charge is 0.413 e. The second kappa shape index (κ2) is 3.88. The molecule has 5 nitrogen and oxygen atoms in total. The van der Waals surface area contributed by atoms with Gasteiger partial charge in [0.15, 0.2) is 11.6 Å². The molecule has 0 aliphatic rings. The van der Waals surface area contributed by atoms with Gasteiger partial charge in [-0.25, -0.2) is 9.18 Å². The number of nitrogens with zero attached hydrogens (tertiary/aromatic N) is 2. The molecule has 15 heavy (non-hydrogen) atoms. The summed E-state index contributed by atoms with van der Waals surface area (Å²) in [6, 6.07) is 0. The number of halogens is 1. The number of rotatable bonds is 1. The molecule has 0 unspecified atom stereocenters. The van der Waals surface area contributed by atoms with E-state index in [1.54, 1.807) is 27.8 Å². The molecule has 0 radical (unpaired) electrons. The first-order chi connectivity index (χ1) is 6.78. The van der Waals surface area contributed by atoms with E-state index < -0.39 is 17.5 Å². The van der Waals surface area contributed by atoms with Crippen LogP contribution in [-0.4, -0.2) is 21.5 Å². The summed E-state index contributed by atoms with van der Waals surface area (Å²) in [4.78, 5) is 11.2. The summed E-state index contributed by atoms with van der Waals surface area (Å²) >= 11 is 0. The fraction of sp³-hybridized carbons (Fsp3) is 0.556. The van der Waals surface area contributed by atoms with E-state index in [2.05, 4.69) is 10.4 Å². The van der Waals surface area contributed by atoms with Crippen molar-refractivity contribution in [1.82, 2.24) is 9.78 Å². The Labute approximate surface area is 87.2 Å². The zero-order valence-corrected chi connectivity index (χ0v) is 9.17. The second-order valence-corrected chi connectivity index (χ2v) is 4.13. The van der Waals surface area contributed by atoms with E-state index in [1.807, 2.05) is 0 Å². The van der Waals surface area contributed by atoms with E-state index in [0.29, 0.717) is 0 Å². The minimum Gasteiger partial charge on any atom is -0.444 e. The van der Waals surface area contributed by atoms with Gasteiger partial charge in [-0.15, -0.1) is 0 Å². The summed E-state index contributed by atoms with van der Waals surface area (Å²) in [5, 5.41) is 5.93. The number of aromatic nitrogens is 2. The van der Waals surface area contributed by atoms with Gasteiger partial charge in [0.1, 0.15) is 5.60 Å². The van der Waals surface area contributed by atoms with Crippen LogP contribution in [-0.2, 0) is 11.8 Å². The van der Waals surface area contributed by atoms with E-state index in [4.69, 9.17) is 4.74 Å². The normalized spacial score (nSPS) is 11.3. The van der Waals surface area contributed by atoms with Crippen LogP contribution in [0, 0.1) is 5.82 Å². The molecule has 0 aromatic carbocycles. The lowest BCUT2D eigenvalue weighted by molar-refractivity contribution is 0.0634. The van der Waals surface area contributed by atoms with Crippen LogP contribution in [0.5, 0.6) is 0 Å². The highest BCUT2D eigenvalue weighted by atomic mass is 19.1. The van der Waals surface area contributed by atoms with Gasteiger partial charge < -0.3 is 4.74 Å². The molecule has 1 N–H and O–H groups in total. The summed E-state index contributed by atoms with van der Waals surface area (Å²) < 4.78 is 19.3. The standard InChI is InChI=1S/C9H14FN3O2/c1-9(2,3)15-8(14)11-7-6(10)5-13(4)12-7/h5H,1-4H3,(H,11,12,14). The molecular formula is C9H14FN3O2. The van der Waals surface area contributed by atoms with Crippen molar-refractivity contribution in [2.24, 2.45) is 7.05 Å². The Kier molecular flexibility index (Phi) is 2.97. The number of hydrogen-bond donors (Lipinski definition) is 1. The summed E-state index contributed by atoms with van der Waals surface area (Å²) in [6.07, 6.45) is 0.437. The fourth-order valence-corrected chi connectivity index (χ4v) is 0.945. The van der Waals surface area contributed by atoms with Gasteiger partial charge in [0.05, 0.1) is 6.20 Å². The Morgan fingerprint density at radius 3 is 2.60 bits per heavy atom. The highest BCUT2D eigenvalue weighted by Crippen LogP contribution is 2.12. The van der Waals surface area contributed by atoms with E-state index in [1.165, 1.54) is 4.68 Å². The van der Waals surface area contributed by atoms with Gasteiger partial charge in [-0.2, -0.15) is 5.10 Å². The number of hydrogen-bond acceptors (Lipinski definition) is 3. The van der Waals surface area contributed by atoms with Crippen molar-refractivity contribution in [3.8, 4) is 0 Å². The molecule has 1 aromatic rings. The van der Waals surface area contributed by atoms with E-state index in [9.17, 15) is 9.18 Å². The molecule has 1 amide bonds. The van der Waals surface area contributed by atoms with Crippen LogP contribution in [0.25, 0.3) is 0 Å². The highest BCUT2D eigenvalue weighted by molar-refractivity contribution is 5.83. The monoisotopic (exact) mass is 215 g/mol. The molecule has 1 aromatic heterocycles. The third-order valence-electron chi connectivity index (χ3n) is 1.40. The minimum atomic E-state index is -0.722. The van der Waals surface area contributed by atoms with Crippen molar-refractivity contribution < 1.29 is 13.9 Å². The van der Waals surface area contributed by atoms with Crippen LogP contribution < -0.4 is 5.32 Å². The van der Waals surface area contributed by atoms with Crippen LogP contribution in [0.2, 0.25) is 0 Å². The Balaban J connectivity index is 2.63. The maximum absolute atomic E-state index is 13.1. The number of ether oxygens (including phenoxy) is 1. The summed E-state index contributed by atoms with van der Waals surface area (Å²) in [5.41, 5.74) is -0.616. The third-order valence-corrected chi connectivity index (χ3v) is 1.40. The molecule has 1 heterocycles. The molecule has 0 spiro atoms. The Hall–Kier alpha value is -1.59. The molecular weight excluding hydrogens is 201 g/mol. The van der Waals surface area contributed by atoms with Gasteiger partial charge in [-0.05, 0) is 20.8 Å². The minimum absolute atomic E-state index is 0.133. The fourth-order valence-electron chi connectivity index (χ4n) is 0.945. The lowest BCUT2D eigenvalue weighted by Crippen LogP contribution is -2.27. The number of carbonyl (C=O) groups excluding carboxylic acids is 1. The number of anilines is 1. The predicted octanol–water partition coefficient (Wildman–Crippen LogP) is 1.91. The maximum Gasteiger partial charge on any atom is 0.413 e. The average molecular weight is 215 g/mol. The Morgan fingerprint density at radius 1 is 1.60 bits per heavy atom. The van der Waals surface area contributed by atoms with Crippen molar-refractivity contribution in [3.05, 3.63) is 12.0 Å². The van der Waals surface area contributed by atoms with Crippen LogP contribution in [0.1, 0.15) is 20.8 Å². The number of aryl methyl sites for hydroxylation is 1. The van der Waals surface area contributed by atoms with Gasteiger partial charge in [0.25, 0.3) is 0 Å². The molecule has 0 aliphatic heterocycles. The Bertz CT molecular complexity index is 368. The molecule has 0 saturated heterocycles. The van der Waals surface area contributed by atoms with E-state index in [0.717, 1.165) is 6.20 Å². The molecule has 0 atom stereocenters. The molecule has 0 aliphatic carbocycles. The summed E-state index contributed by atoms with van der Waals surface area (Å²) in [7, 11) is 1.56. The quantitative estimate of drug-likeness (QED) is 0.778. The molecule has 84 valence electrons. The number of amides is 1. The van der Waals surface area contributed by atoms with Gasteiger partial charge in [-0.3, -0.25) is 10.00 Å². The first kappa shape index (κ1) is 11.5. The topological polar surface area (TPSA) is 56.2 Å². The lowest BCUT2D eigenvalue weighted by Gasteiger charge is -2.19. The largest absolute Gasteiger partial charge is 0.444 e. The Morgan fingerprint density at radius 2 is 2.20 bits per heavy atom. The van der Waals surface area contributed by atoms with E-state index >= 15 is 0 Å². The van der Waals surface area contributed by atoms with Gasteiger partial charge >= 0.3 is 6.09 Å². The molecule has 6 heteroatoms. The van der Waals surface area contributed by atoms with Crippen LogP contribution in [0.4, 0.5) is 15.0 Å². The first-order valence-electron chi connectivity index (χ1n) is 4.47. The van der Waals surface area contributed by atoms with Gasteiger partial charge in [-0.1, -0.05) is 0 Å². The first-order valence-corrected chi connectivity index (χ1v) is 4.47. The van der Waals surface area contributed by atoms with Crippen LogP contribution >= 0.6 is 0 Å². The third kappa shape index (κ3) is 3.57. The van der Waals surface area contributed by atoms with Crippen LogP contribution in [0.15, 0.2) is 6.20 Å². The number of carbonyl (C=O) groups is 1. The predicted molar refractivity (Wildman–Crippen MR) is 53.0 cm³/mol. The SMILES string of the molecule is Cn1cc(F)c(NC(=O)OC(C)(C)C)n1. The summed E-state index contributed by atoms with van der Waals surface area (Å²) in [6.45, 7) is 5.17. The van der Waals surface area contributed by atoms with Crippen molar-refractivity contribution in [1.29, 1.82) is 0 Å². The highest BCUT2D eigenvalue weighted by Gasteiger charge is 2.18. The van der Waals surface area contributed by atoms with E-state index in [-0.39, 0.29) is 5.82 Å². The maximum atomic E-state index is 13.1. The lowest BCUT2D eigenvalue weighted by atomic mass is 10.2. The molecule has 1 rings (SSSR count). The number of nitrogens with one attached hydrogen (secondary N) is 1. The van der Waals surface area contributed by atoms with Crippen molar-refractivity contribution >= 4 is 11.9 Å². The molecule has 0 saturated carbocycles. The summed E-state index contributed by atoms with van der Waals surface area (Å²) in [5.74, 6) is -0.727. The zero-order valence-electron chi connectivity index (χ0n) is 9.17. The van der Waals surface area contributed by atoms with Crippen LogP contribution in [0.3, 0.4) is 0 Å². The molecule has 0 bridgehead atoms. The molecule has 0 fully saturated rings. The van der Waals surface area contributed by atoms with Gasteiger partial charge in [0.2, 0.25) is 0 Å². The van der Waals surface area contributed by atoms with Crippen molar-refractivity contribution in [2.45, 2.75) is 26.4 Å².